The number of ether oxygens (including phenoxy) is 1. The SMILES string of the molecule is CC(C)(C)OC(=O)[C@@H](Cc1ccc([N+](=O)[O-])cc1)NC(=O)C(F)(F)F. The smallest absolute Gasteiger partial charge is 0.458 e. The Kier molecular flexibility index (Phi) is 6.11. The summed E-state index contributed by atoms with van der Waals surface area (Å²) in [5, 5.41) is 12.2. The molecule has 0 aliphatic carbocycles. The number of alkyl halides is 3. The summed E-state index contributed by atoms with van der Waals surface area (Å²) in [4.78, 5) is 33.2. The van der Waals surface area contributed by atoms with Gasteiger partial charge < -0.3 is 10.1 Å². The summed E-state index contributed by atoms with van der Waals surface area (Å²) in [6.45, 7) is 4.58. The molecule has 1 rings (SSSR count). The molecule has 0 saturated heterocycles. The van der Waals surface area contributed by atoms with E-state index < -0.39 is 34.6 Å². The Labute approximate surface area is 141 Å². The Morgan fingerprint density at radius 3 is 2.12 bits per heavy atom. The summed E-state index contributed by atoms with van der Waals surface area (Å²) in [7, 11) is 0. The summed E-state index contributed by atoms with van der Waals surface area (Å²) in [6, 6.07) is 3.28. The first-order chi connectivity index (χ1) is 11.3. The summed E-state index contributed by atoms with van der Waals surface area (Å²) >= 11 is 0. The van der Waals surface area contributed by atoms with Gasteiger partial charge in [0, 0.05) is 18.6 Å². The molecule has 0 aliphatic rings. The fourth-order valence-electron chi connectivity index (χ4n) is 1.80. The summed E-state index contributed by atoms with van der Waals surface area (Å²) in [6.07, 6.45) is -5.47. The number of halogens is 3. The zero-order valence-corrected chi connectivity index (χ0v) is 13.7. The van der Waals surface area contributed by atoms with Crippen molar-refractivity contribution in [3.05, 3.63) is 39.9 Å². The van der Waals surface area contributed by atoms with Gasteiger partial charge in [-0.3, -0.25) is 14.9 Å². The maximum absolute atomic E-state index is 12.5. The summed E-state index contributed by atoms with van der Waals surface area (Å²) < 4.78 is 42.4. The third-order valence-corrected chi connectivity index (χ3v) is 2.84. The monoisotopic (exact) mass is 362 g/mol. The number of carbonyl (C=O) groups is 2. The largest absolute Gasteiger partial charge is 0.471 e. The van der Waals surface area contributed by atoms with E-state index >= 15 is 0 Å². The minimum absolute atomic E-state index is 0.211. The molecule has 1 aromatic carbocycles. The van der Waals surface area contributed by atoms with E-state index in [1.807, 2.05) is 0 Å². The first kappa shape index (κ1) is 20.4. The fourth-order valence-corrected chi connectivity index (χ4v) is 1.80. The van der Waals surface area contributed by atoms with Crippen LogP contribution in [0.4, 0.5) is 18.9 Å². The number of hydrogen-bond acceptors (Lipinski definition) is 5. The van der Waals surface area contributed by atoms with Gasteiger partial charge in [-0.25, -0.2) is 4.79 Å². The number of hydrogen-bond donors (Lipinski definition) is 1. The van der Waals surface area contributed by atoms with Gasteiger partial charge in [-0.05, 0) is 26.3 Å². The van der Waals surface area contributed by atoms with Crippen LogP contribution in [-0.4, -0.2) is 34.6 Å². The van der Waals surface area contributed by atoms with Crippen LogP contribution in [0.5, 0.6) is 0 Å². The normalized spacial score (nSPS) is 13.0. The zero-order chi connectivity index (χ0) is 19.4. The molecule has 1 N–H and O–H groups in total. The van der Waals surface area contributed by atoms with Crippen molar-refractivity contribution in [2.75, 3.05) is 0 Å². The highest BCUT2D eigenvalue weighted by Crippen LogP contribution is 2.18. The molecule has 25 heavy (non-hydrogen) atoms. The van der Waals surface area contributed by atoms with Gasteiger partial charge >= 0.3 is 18.1 Å². The molecule has 0 fully saturated rings. The van der Waals surface area contributed by atoms with E-state index in [0.29, 0.717) is 5.56 Å². The number of non-ortho nitro benzene ring substituents is 1. The number of amides is 1. The van der Waals surface area contributed by atoms with Gasteiger partial charge in [0.25, 0.3) is 5.69 Å². The van der Waals surface area contributed by atoms with Crippen LogP contribution >= 0.6 is 0 Å². The van der Waals surface area contributed by atoms with Crippen molar-refractivity contribution < 1.29 is 32.4 Å². The number of rotatable bonds is 5. The van der Waals surface area contributed by atoms with E-state index in [-0.39, 0.29) is 12.1 Å². The molecule has 0 aliphatic heterocycles. The second-order valence-corrected chi connectivity index (χ2v) is 6.18. The maximum atomic E-state index is 12.5. The molecule has 1 aromatic rings. The van der Waals surface area contributed by atoms with Crippen LogP contribution in [0.1, 0.15) is 26.3 Å². The molecule has 10 heteroatoms. The molecule has 0 spiro atoms. The van der Waals surface area contributed by atoms with Gasteiger partial charge in [-0.1, -0.05) is 12.1 Å². The highest BCUT2D eigenvalue weighted by Gasteiger charge is 2.41. The van der Waals surface area contributed by atoms with E-state index in [4.69, 9.17) is 4.74 Å². The third kappa shape index (κ3) is 6.77. The van der Waals surface area contributed by atoms with Crippen molar-refractivity contribution in [1.82, 2.24) is 5.32 Å². The van der Waals surface area contributed by atoms with Gasteiger partial charge in [0.1, 0.15) is 11.6 Å². The molecular formula is C15H17F3N2O5. The Morgan fingerprint density at radius 1 is 1.20 bits per heavy atom. The second kappa shape index (κ2) is 7.49. The number of nitro benzene ring substituents is 1. The van der Waals surface area contributed by atoms with Crippen molar-refractivity contribution in [2.24, 2.45) is 0 Å². The lowest BCUT2D eigenvalue weighted by Crippen LogP contribution is -2.49. The quantitative estimate of drug-likeness (QED) is 0.493. The van der Waals surface area contributed by atoms with Gasteiger partial charge in [0.2, 0.25) is 0 Å². The van der Waals surface area contributed by atoms with Crippen LogP contribution in [-0.2, 0) is 20.7 Å². The van der Waals surface area contributed by atoms with Crippen LogP contribution in [0.25, 0.3) is 0 Å². The molecule has 1 atom stereocenters. The first-order valence-electron chi connectivity index (χ1n) is 7.13. The van der Waals surface area contributed by atoms with Crippen molar-refractivity contribution >= 4 is 17.6 Å². The molecule has 1 amide bonds. The lowest BCUT2D eigenvalue weighted by atomic mass is 10.0. The molecule has 0 radical (unpaired) electrons. The van der Waals surface area contributed by atoms with Gasteiger partial charge in [0.15, 0.2) is 0 Å². The maximum Gasteiger partial charge on any atom is 0.471 e. The molecule has 0 heterocycles. The second-order valence-electron chi connectivity index (χ2n) is 6.18. The highest BCUT2D eigenvalue weighted by molar-refractivity contribution is 5.87. The average molecular weight is 362 g/mol. The van der Waals surface area contributed by atoms with Crippen molar-refractivity contribution in [1.29, 1.82) is 0 Å². The average Bonchev–Trinajstić information content (AvgIpc) is 2.44. The number of esters is 1. The molecule has 7 nitrogen and oxygen atoms in total. The van der Waals surface area contributed by atoms with Crippen LogP contribution in [0.15, 0.2) is 24.3 Å². The van der Waals surface area contributed by atoms with Crippen molar-refractivity contribution in [3.63, 3.8) is 0 Å². The lowest BCUT2D eigenvalue weighted by molar-refractivity contribution is -0.384. The number of nitrogens with one attached hydrogen (secondary N) is 1. The molecule has 0 aromatic heterocycles. The Morgan fingerprint density at radius 2 is 1.72 bits per heavy atom. The minimum Gasteiger partial charge on any atom is -0.458 e. The number of carbonyl (C=O) groups excluding carboxylic acids is 2. The number of nitrogens with zero attached hydrogens (tertiary/aromatic N) is 1. The van der Waals surface area contributed by atoms with Crippen LogP contribution in [0, 0.1) is 10.1 Å². The van der Waals surface area contributed by atoms with Crippen LogP contribution in [0.2, 0.25) is 0 Å². The van der Waals surface area contributed by atoms with Crippen molar-refractivity contribution in [2.45, 2.75) is 45.0 Å². The minimum atomic E-state index is -5.16. The highest BCUT2D eigenvalue weighted by atomic mass is 19.4. The molecule has 138 valence electrons. The number of benzene rings is 1. The van der Waals surface area contributed by atoms with E-state index in [1.54, 1.807) is 5.32 Å². The van der Waals surface area contributed by atoms with Gasteiger partial charge in [0.05, 0.1) is 4.92 Å². The van der Waals surface area contributed by atoms with E-state index in [0.717, 1.165) is 12.1 Å². The predicted octanol–water partition coefficient (Wildman–Crippen LogP) is 2.53. The predicted molar refractivity (Wildman–Crippen MR) is 80.6 cm³/mol. The topological polar surface area (TPSA) is 98.5 Å². The third-order valence-electron chi connectivity index (χ3n) is 2.84. The van der Waals surface area contributed by atoms with E-state index in [2.05, 4.69) is 0 Å². The number of nitro groups is 1. The fraction of sp³-hybridized carbons (Fsp3) is 0.467. The molecule has 0 saturated carbocycles. The molecule has 0 unspecified atom stereocenters. The molecule has 0 bridgehead atoms. The van der Waals surface area contributed by atoms with Gasteiger partial charge in [-0.15, -0.1) is 0 Å². The lowest BCUT2D eigenvalue weighted by Gasteiger charge is -2.25. The Bertz CT molecular complexity index is 651. The Balaban J connectivity index is 2.99. The Hall–Kier alpha value is -2.65. The van der Waals surface area contributed by atoms with E-state index in [1.165, 1.54) is 32.9 Å². The summed E-state index contributed by atoms with van der Waals surface area (Å²) in [5.41, 5.74) is -0.853. The zero-order valence-electron chi connectivity index (χ0n) is 13.7. The molecular weight excluding hydrogens is 345 g/mol. The standard InChI is InChI=1S/C15H17F3N2O5/c1-14(2,3)25-12(21)11(19-13(22)15(16,17)18)8-9-4-6-10(7-5-9)20(23)24/h4-7,11H,8H2,1-3H3,(H,19,22)/t11-/m1/s1. The van der Waals surface area contributed by atoms with Gasteiger partial charge in [-0.2, -0.15) is 13.2 Å². The first-order valence-corrected chi connectivity index (χ1v) is 7.13. The van der Waals surface area contributed by atoms with Crippen molar-refractivity contribution in [3.8, 4) is 0 Å². The van der Waals surface area contributed by atoms with Crippen LogP contribution < -0.4 is 5.32 Å². The van der Waals surface area contributed by atoms with E-state index in [9.17, 15) is 32.9 Å². The summed E-state index contributed by atoms with van der Waals surface area (Å²) in [5.74, 6) is -3.31. The van der Waals surface area contributed by atoms with Crippen LogP contribution in [0.3, 0.4) is 0 Å².